The lowest BCUT2D eigenvalue weighted by Crippen LogP contribution is -2.19. The van der Waals surface area contributed by atoms with Gasteiger partial charge < -0.3 is 0 Å². The normalized spacial score (nSPS) is 13.2. The molecule has 0 atom stereocenters. The van der Waals surface area contributed by atoms with Gasteiger partial charge in [-0.1, -0.05) is 32.4 Å². The van der Waals surface area contributed by atoms with Crippen LogP contribution in [0.4, 0.5) is 0 Å². The molecule has 0 spiro atoms. The molecule has 6 nitrogen and oxygen atoms in total. The molecule has 0 fully saturated rings. The maximum Gasteiger partial charge on any atom is 0.258 e. The van der Waals surface area contributed by atoms with Crippen LogP contribution in [0.2, 0.25) is 5.15 Å². The molecule has 0 radical (unpaired) electrons. The van der Waals surface area contributed by atoms with Gasteiger partial charge in [0.1, 0.15) is 0 Å². The van der Waals surface area contributed by atoms with Gasteiger partial charge in [-0.2, -0.15) is 9.61 Å². The van der Waals surface area contributed by atoms with Gasteiger partial charge in [-0.05, 0) is 12.1 Å². The summed E-state index contributed by atoms with van der Waals surface area (Å²) in [6.07, 6.45) is 0. The van der Waals surface area contributed by atoms with Crippen molar-refractivity contribution in [1.29, 1.82) is 0 Å². The smallest absolute Gasteiger partial charge is 0.223 e. The first-order valence-electron chi connectivity index (χ1n) is 5.19. The SMILES string of the molecule is CC(C)(C)c1ccc2nc(Cl)c(S(N)(=O)=O)n2n1. The van der Waals surface area contributed by atoms with Gasteiger partial charge in [-0.25, -0.2) is 18.5 Å². The summed E-state index contributed by atoms with van der Waals surface area (Å²) >= 11 is 5.79. The number of fused-ring (bicyclic) bond motifs is 1. The second-order valence-corrected chi connectivity index (χ2v) is 6.83. The molecule has 18 heavy (non-hydrogen) atoms. The summed E-state index contributed by atoms with van der Waals surface area (Å²) in [5, 5.41) is 8.90. The molecule has 0 aliphatic carbocycles. The highest BCUT2D eigenvalue weighted by molar-refractivity contribution is 7.89. The van der Waals surface area contributed by atoms with Crippen molar-refractivity contribution in [2.75, 3.05) is 0 Å². The largest absolute Gasteiger partial charge is 0.258 e. The highest BCUT2D eigenvalue weighted by atomic mass is 35.5. The lowest BCUT2D eigenvalue weighted by atomic mass is 9.92. The summed E-state index contributed by atoms with van der Waals surface area (Å²) in [4.78, 5) is 3.91. The Labute approximate surface area is 110 Å². The highest BCUT2D eigenvalue weighted by Gasteiger charge is 2.24. The van der Waals surface area contributed by atoms with E-state index in [9.17, 15) is 8.42 Å². The number of primary sulfonamides is 1. The Hall–Kier alpha value is -1.18. The quantitative estimate of drug-likeness (QED) is 0.857. The summed E-state index contributed by atoms with van der Waals surface area (Å²) in [6.45, 7) is 5.91. The van der Waals surface area contributed by atoms with Gasteiger partial charge in [0.05, 0.1) is 5.69 Å². The van der Waals surface area contributed by atoms with Crippen LogP contribution in [0.25, 0.3) is 5.65 Å². The average molecular weight is 289 g/mol. The van der Waals surface area contributed by atoms with E-state index in [-0.39, 0.29) is 15.6 Å². The molecule has 2 aromatic heterocycles. The first kappa shape index (κ1) is 13.3. The van der Waals surface area contributed by atoms with Gasteiger partial charge in [0.2, 0.25) is 5.03 Å². The van der Waals surface area contributed by atoms with Crippen molar-refractivity contribution >= 4 is 27.3 Å². The second-order valence-electron chi connectivity index (χ2n) is 4.99. The lowest BCUT2D eigenvalue weighted by Gasteiger charge is -2.17. The molecule has 0 aliphatic heterocycles. The summed E-state index contributed by atoms with van der Waals surface area (Å²) in [7, 11) is -3.97. The number of halogens is 1. The molecule has 2 rings (SSSR count). The number of nitrogens with two attached hydrogens (primary N) is 1. The van der Waals surface area contributed by atoms with E-state index in [0.717, 1.165) is 4.52 Å². The second kappa shape index (κ2) is 3.91. The van der Waals surface area contributed by atoms with Crippen LogP contribution in [-0.4, -0.2) is 23.0 Å². The van der Waals surface area contributed by atoms with Crippen molar-refractivity contribution in [3.63, 3.8) is 0 Å². The molecule has 0 bridgehead atoms. The Bertz CT molecular complexity index is 715. The van der Waals surface area contributed by atoms with Crippen LogP contribution >= 0.6 is 11.6 Å². The molecule has 0 aromatic carbocycles. The van der Waals surface area contributed by atoms with E-state index >= 15 is 0 Å². The number of sulfonamides is 1. The van der Waals surface area contributed by atoms with Crippen molar-refractivity contribution in [2.24, 2.45) is 5.14 Å². The number of hydrogen-bond donors (Lipinski definition) is 1. The van der Waals surface area contributed by atoms with Crippen LogP contribution in [-0.2, 0) is 15.4 Å². The first-order chi connectivity index (χ1) is 8.10. The molecule has 0 unspecified atom stereocenters. The van der Waals surface area contributed by atoms with E-state index in [4.69, 9.17) is 16.7 Å². The number of nitrogens with zero attached hydrogens (tertiary/aromatic N) is 3. The van der Waals surface area contributed by atoms with Crippen LogP contribution in [0.3, 0.4) is 0 Å². The molecule has 2 N–H and O–H groups in total. The molecule has 0 saturated carbocycles. The first-order valence-corrected chi connectivity index (χ1v) is 7.12. The van der Waals surface area contributed by atoms with Gasteiger partial charge in [0.15, 0.2) is 10.8 Å². The van der Waals surface area contributed by atoms with Gasteiger partial charge >= 0.3 is 0 Å². The van der Waals surface area contributed by atoms with Crippen LogP contribution in [0, 0.1) is 0 Å². The van der Waals surface area contributed by atoms with Crippen molar-refractivity contribution in [1.82, 2.24) is 14.6 Å². The summed E-state index contributed by atoms with van der Waals surface area (Å²) in [5.74, 6) is 0. The Balaban J connectivity index is 2.84. The fourth-order valence-electron chi connectivity index (χ4n) is 1.52. The molecule has 0 amide bonds. The summed E-state index contributed by atoms with van der Waals surface area (Å²) in [5.41, 5.74) is 0.839. The maximum atomic E-state index is 11.5. The third kappa shape index (κ3) is 2.21. The minimum atomic E-state index is -3.97. The number of hydrogen-bond acceptors (Lipinski definition) is 4. The van der Waals surface area contributed by atoms with E-state index in [1.54, 1.807) is 12.1 Å². The van der Waals surface area contributed by atoms with E-state index < -0.39 is 10.0 Å². The zero-order chi connectivity index (χ0) is 13.7. The zero-order valence-electron chi connectivity index (χ0n) is 10.2. The lowest BCUT2D eigenvalue weighted by molar-refractivity contribution is 0.545. The van der Waals surface area contributed by atoms with E-state index in [2.05, 4.69) is 10.1 Å². The molecular formula is C10H13ClN4O2S. The van der Waals surface area contributed by atoms with E-state index in [0.29, 0.717) is 11.3 Å². The molecule has 0 saturated heterocycles. The fourth-order valence-corrected chi connectivity index (χ4v) is 2.67. The summed E-state index contributed by atoms with van der Waals surface area (Å²) < 4.78 is 24.1. The topological polar surface area (TPSA) is 90.3 Å². The molecule has 2 heterocycles. The van der Waals surface area contributed by atoms with E-state index in [1.807, 2.05) is 20.8 Å². The third-order valence-corrected chi connectivity index (χ3v) is 3.72. The van der Waals surface area contributed by atoms with Crippen molar-refractivity contribution in [3.05, 3.63) is 23.0 Å². The van der Waals surface area contributed by atoms with Gasteiger partial charge in [-0.15, -0.1) is 0 Å². The minimum absolute atomic E-state index is 0.170. The zero-order valence-corrected chi connectivity index (χ0v) is 11.7. The number of aromatic nitrogens is 3. The summed E-state index contributed by atoms with van der Waals surface area (Å²) in [6, 6.07) is 3.44. The predicted octanol–water partition coefficient (Wildman–Crippen LogP) is 1.33. The molecule has 8 heteroatoms. The van der Waals surface area contributed by atoms with Gasteiger partial charge in [0, 0.05) is 5.41 Å². The highest BCUT2D eigenvalue weighted by Crippen LogP contribution is 2.24. The average Bonchev–Trinajstić information content (AvgIpc) is 2.49. The monoisotopic (exact) mass is 288 g/mol. The molecule has 0 aliphatic rings. The Morgan fingerprint density at radius 3 is 2.44 bits per heavy atom. The predicted molar refractivity (Wildman–Crippen MR) is 68.1 cm³/mol. The van der Waals surface area contributed by atoms with Gasteiger partial charge in [0.25, 0.3) is 10.0 Å². The minimum Gasteiger partial charge on any atom is -0.223 e. The Morgan fingerprint density at radius 1 is 1.33 bits per heavy atom. The van der Waals surface area contributed by atoms with Gasteiger partial charge in [-0.3, -0.25) is 0 Å². The van der Waals surface area contributed by atoms with Crippen LogP contribution < -0.4 is 5.14 Å². The third-order valence-electron chi connectivity index (χ3n) is 2.43. The van der Waals surface area contributed by atoms with Crippen molar-refractivity contribution < 1.29 is 8.42 Å². The standard InChI is InChI=1S/C10H13ClN4O2S/c1-10(2,3)6-4-5-7-13-8(11)9(15(7)14-6)18(12,16)17/h4-5H,1-3H3,(H2,12,16,17). The van der Waals surface area contributed by atoms with Crippen molar-refractivity contribution in [3.8, 4) is 0 Å². The molecule has 2 aromatic rings. The number of rotatable bonds is 1. The van der Waals surface area contributed by atoms with Crippen LogP contribution in [0.1, 0.15) is 26.5 Å². The Kier molecular flexibility index (Phi) is 2.88. The Morgan fingerprint density at radius 2 is 1.94 bits per heavy atom. The molecular weight excluding hydrogens is 276 g/mol. The maximum absolute atomic E-state index is 11.5. The fraction of sp³-hybridized carbons (Fsp3) is 0.400. The van der Waals surface area contributed by atoms with Crippen LogP contribution in [0.15, 0.2) is 17.2 Å². The molecule has 98 valence electrons. The number of imidazole rings is 1. The van der Waals surface area contributed by atoms with Crippen LogP contribution in [0.5, 0.6) is 0 Å². The van der Waals surface area contributed by atoms with Crippen molar-refractivity contribution in [2.45, 2.75) is 31.2 Å². The van der Waals surface area contributed by atoms with E-state index in [1.165, 1.54) is 0 Å².